The van der Waals surface area contributed by atoms with E-state index in [2.05, 4.69) is 63.4 Å². The van der Waals surface area contributed by atoms with E-state index >= 15 is 0 Å². The zero-order valence-electron chi connectivity index (χ0n) is 11.8. The molecule has 0 fully saturated rings. The van der Waals surface area contributed by atoms with Crippen LogP contribution in [0.1, 0.15) is 33.3 Å². The molecule has 18 heavy (non-hydrogen) atoms. The number of hydrogen-bond acceptors (Lipinski definition) is 2. The number of hydrogen-bond donors (Lipinski definition) is 0. The molecule has 0 amide bonds. The topological polar surface area (TPSA) is 15.6 Å². The molecule has 0 radical (unpaired) electrons. The molecule has 0 saturated carbocycles. The summed E-state index contributed by atoms with van der Waals surface area (Å²) in [4.78, 5) is 7.10. The molecule has 1 aliphatic heterocycles. The van der Waals surface area contributed by atoms with Gasteiger partial charge in [-0.3, -0.25) is 4.99 Å². The van der Waals surface area contributed by atoms with Gasteiger partial charge in [0.15, 0.2) is 0 Å². The Hall–Kier alpha value is -1.57. The summed E-state index contributed by atoms with van der Waals surface area (Å²) in [5.74, 6) is 1.10. The van der Waals surface area contributed by atoms with Crippen molar-refractivity contribution in [2.45, 2.75) is 45.2 Å². The van der Waals surface area contributed by atoms with E-state index in [0.717, 1.165) is 12.3 Å². The summed E-state index contributed by atoms with van der Waals surface area (Å²) in [6.45, 7) is 12.7. The van der Waals surface area contributed by atoms with Crippen LogP contribution < -0.4 is 0 Å². The summed E-state index contributed by atoms with van der Waals surface area (Å²) in [5, 5.41) is 0. The van der Waals surface area contributed by atoms with Crippen molar-refractivity contribution in [2.75, 3.05) is 0 Å². The van der Waals surface area contributed by atoms with Crippen molar-refractivity contribution < 1.29 is 0 Å². The van der Waals surface area contributed by atoms with Gasteiger partial charge in [-0.25, -0.2) is 0 Å². The van der Waals surface area contributed by atoms with Crippen molar-refractivity contribution in [3.05, 3.63) is 48.7 Å². The molecule has 0 atom stereocenters. The maximum Gasteiger partial charge on any atom is 0.109 e. The highest BCUT2D eigenvalue weighted by molar-refractivity contribution is 5.88. The lowest BCUT2D eigenvalue weighted by atomic mass is 9.83. The summed E-state index contributed by atoms with van der Waals surface area (Å²) < 4.78 is 0. The van der Waals surface area contributed by atoms with E-state index in [0.29, 0.717) is 0 Å². The Balaban J connectivity index is 2.31. The van der Waals surface area contributed by atoms with Gasteiger partial charge in [0.25, 0.3) is 0 Å². The highest BCUT2D eigenvalue weighted by atomic mass is 15.3. The number of benzene rings is 1. The monoisotopic (exact) mass is 242 g/mol. The smallest absolute Gasteiger partial charge is 0.109 e. The Bertz CT molecular complexity index is 469. The van der Waals surface area contributed by atoms with Gasteiger partial charge in [0.05, 0.1) is 11.1 Å². The SMILES string of the molecule is C=CN1C(Cc2ccccc2)=NC(C)(C)C1(C)C. The lowest BCUT2D eigenvalue weighted by Crippen LogP contribution is -2.50. The van der Waals surface area contributed by atoms with Gasteiger partial charge in [-0.05, 0) is 39.5 Å². The van der Waals surface area contributed by atoms with Crippen LogP contribution in [-0.2, 0) is 6.42 Å². The first-order valence-corrected chi connectivity index (χ1v) is 6.43. The predicted octanol–water partition coefficient (Wildman–Crippen LogP) is 3.64. The van der Waals surface area contributed by atoms with Gasteiger partial charge in [0.1, 0.15) is 5.84 Å². The van der Waals surface area contributed by atoms with Crippen LogP contribution in [0.5, 0.6) is 0 Å². The second-order valence-corrected chi connectivity index (χ2v) is 5.86. The molecule has 0 unspecified atom stereocenters. The first-order chi connectivity index (χ1) is 8.38. The third-order valence-electron chi connectivity index (χ3n) is 4.17. The van der Waals surface area contributed by atoms with Gasteiger partial charge in [-0.2, -0.15) is 0 Å². The first-order valence-electron chi connectivity index (χ1n) is 6.43. The molecule has 2 rings (SSSR count). The van der Waals surface area contributed by atoms with Gasteiger partial charge in [0, 0.05) is 6.42 Å². The number of nitrogens with zero attached hydrogens (tertiary/aromatic N) is 2. The van der Waals surface area contributed by atoms with Crippen molar-refractivity contribution in [1.29, 1.82) is 0 Å². The largest absolute Gasteiger partial charge is 0.329 e. The molecule has 0 bridgehead atoms. The summed E-state index contributed by atoms with van der Waals surface area (Å²) >= 11 is 0. The maximum absolute atomic E-state index is 4.89. The molecule has 0 aromatic heterocycles. The van der Waals surface area contributed by atoms with Crippen LogP contribution in [0.4, 0.5) is 0 Å². The normalized spacial score (nSPS) is 20.7. The number of rotatable bonds is 3. The van der Waals surface area contributed by atoms with E-state index in [9.17, 15) is 0 Å². The van der Waals surface area contributed by atoms with Gasteiger partial charge in [0.2, 0.25) is 0 Å². The lowest BCUT2D eigenvalue weighted by Gasteiger charge is -2.39. The fourth-order valence-corrected chi connectivity index (χ4v) is 2.37. The number of amidine groups is 1. The molecule has 1 aliphatic rings. The minimum Gasteiger partial charge on any atom is -0.329 e. The molecule has 0 saturated heterocycles. The molecule has 2 nitrogen and oxygen atoms in total. The van der Waals surface area contributed by atoms with Gasteiger partial charge in [-0.1, -0.05) is 36.9 Å². The second-order valence-electron chi connectivity index (χ2n) is 5.86. The summed E-state index contributed by atoms with van der Waals surface area (Å²) in [6, 6.07) is 10.5. The summed E-state index contributed by atoms with van der Waals surface area (Å²) in [6.07, 6.45) is 2.76. The maximum atomic E-state index is 4.89. The zero-order valence-corrected chi connectivity index (χ0v) is 11.8. The average molecular weight is 242 g/mol. The van der Waals surface area contributed by atoms with Gasteiger partial charge in [-0.15, -0.1) is 0 Å². The first kappa shape index (κ1) is 12.9. The van der Waals surface area contributed by atoms with Crippen LogP contribution in [0.25, 0.3) is 0 Å². The highest BCUT2D eigenvalue weighted by Crippen LogP contribution is 2.38. The third kappa shape index (κ3) is 1.96. The summed E-state index contributed by atoms with van der Waals surface area (Å²) in [5.41, 5.74) is 1.17. The fourth-order valence-electron chi connectivity index (χ4n) is 2.37. The zero-order chi connectivity index (χ0) is 13.4. The van der Waals surface area contributed by atoms with Gasteiger partial charge < -0.3 is 4.90 Å². The van der Waals surface area contributed by atoms with Gasteiger partial charge >= 0.3 is 0 Å². The van der Waals surface area contributed by atoms with Crippen LogP contribution >= 0.6 is 0 Å². The van der Waals surface area contributed by atoms with Crippen LogP contribution in [0, 0.1) is 0 Å². The molecule has 1 aromatic rings. The molecule has 0 aliphatic carbocycles. The standard InChI is InChI=1S/C16H22N2/c1-6-18-14(12-13-10-8-7-9-11-13)17-15(2,3)16(18,4)5/h6-11H,1,12H2,2-5H3. The molecule has 0 N–H and O–H groups in total. The van der Waals surface area contributed by atoms with E-state index < -0.39 is 0 Å². The summed E-state index contributed by atoms with van der Waals surface area (Å²) in [7, 11) is 0. The fraction of sp³-hybridized carbons (Fsp3) is 0.438. The minimum atomic E-state index is -0.0920. The molecule has 96 valence electrons. The van der Waals surface area contributed by atoms with Crippen molar-refractivity contribution in [1.82, 2.24) is 4.90 Å². The van der Waals surface area contributed by atoms with E-state index in [4.69, 9.17) is 4.99 Å². The average Bonchev–Trinajstić information content (AvgIpc) is 2.46. The van der Waals surface area contributed by atoms with Crippen molar-refractivity contribution in [3.63, 3.8) is 0 Å². The van der Waals surface area contributed by atoms with Crippen LogP contribution in [0.3, 0.4) is 0 Å². The molecule has 0 spiro atoms. The van der Waals surface area contributed by atoms with Crippen molar-refractivity contribution in [2.24, 2.45) is 4.99 Å². The Morgan fingerprint density at radius 2 is 1.78 bits per heavy atom. The Kier molecular flexibility index (Phi) is 3.05. The van der Waals surface area contributed by atoms with E-state index in [1.165, 1.54) is 5.56 Å². The van der Waals surface area contributed by atoms with Crippen molar-refractivity contribution in [3.8, 4) is 0 Å². The highest BCUT2D eigenvalue weighted by Gasteiger charge is 2.47. The quantitative estimate of drug-likeness (QED) is 0.790. The van der Waals surface area contributed by atoms with Crippen LogP contribution in [0.15, 0.2) is 48.1 Å². The minimum absolute atomic E-state index is 0.0289. The lowest BCUT2D eigenvalue weighted by molar-refractivity contribution is 0.203. The van der Waals surface area contributed by atoms with E-state index in [1.807, 2.05) is 12.3 Å². The molecular weight excluding hydrogens is 220 g/mol. The molecule has 1 heterocycles. The Labute approximate surface area is 110 Å². The molecule has 2 heteroatoms. The Morgan fingerprint density at radius 1 is 1.17 bits per heavy atom. The van der Waals surface area contributed by atoms with Crippen molar-refractivity contribution >= 4 is 5.84 Å². The molecular formula is C16H22N2. The van der Waals surface area contributed by atoms with E-state index in [-0.39, 0.29) is 11.1 Å². The Morgan fingerprint density at radius 3 is 2.33 bits per heavy atom. The third-order valence-corrected chi connectivity index (χ3v) is 4.17. The molecule has 1 aromatic carbocycles. The predicted molar refractivity (Wildman–Crippen MR) is 77.8 cm³/mol. The van der Waals surface area contributed by atoms with E-state index in [1.54, 1.807) is 0 Å². The number of aliphatic imine (C=N–C) groups is 1. The van der Waals surface area contributed by atoms with Crippen LogP contribution in [0.2, 0.25) is 0 Å². The van der Waals surface area contributed by atoms with Crippen LogP contribution in [-0.4, -0.2) is 21.8 Å². The second kappa shape index (κ2) is 4.27.